The van der Waals surface area contributed by atoms with Crippen molar-refractivity contribution in [2.75, 3.05) is 0 Å². The highest BCUT2D eigenvalue weighted by Crippen LogP contribution is 2.25. The van der Waals surface area contributed by atoms with Gasteiger partial charge in [-0.05, 0) is 19.3 Å². The van der Waals surface area contributed by atoms with Gasteiger partial charge in [0.15, 0.2) is 0 Å². The first-order valence-corrected chi connectivity index (χ1v) is 6.43. The minimum atomic E-state index is -0.411. The lowest BCUT2D eigenvalue weighted by molar-refractivity contribution is -0.384. The average Bonchev–Trinajstić information content (AvgIpc) is 2.87. The van der Waals surface area contributed by atoms with E-state index in [2.05, 4.69) is 9.97 Å². The molecule has 0 spiro atoms. The van der Waals surface area contributed by atoms with Gasteiger partial charge in [0.1, 0.15) is 10.5 Å². The van der Waals surface area contributed by atoms with Gasteiger partial charge in [-0.25, -0.2) is 4.98 Å². The van der Waals surface area contributed by atoms with Gasteiger partial charge in [0.05, 0.1) is 4.92 Å². The van der Waals surface area contributed by atoms with Gasteiger partial charge in [0, 0.05) is 29.0 Å². The molecule has 1 heterocycles. The quantitative estimate of drug-likeness (QED) is 0.518. The van der Waals surface area contributed by atoms with E-state index in [9.17, 15) is 10.1 Å². The average molecular weight is 273 g/mol. The largest absolute Gasteiger partial charge is 0.343 e. The van der Waals surface area contributed by atoms with E-state index in [4.69, 9.17) is 12.2 Å². The molecule has 1 aromatic carbocycles. The Morgan fingerprint density at radius 2 is 2.21 bits per heavy atom. The maximum atomic E-state index is 10.8. The molecule has 6 heteroatoms. The van der Waals surface area contributed by atoms with Gasteiger partial charge in [0.25, 0.3) is 5.69 Å². The highest BCUT2D eigenvalue weighted by atomic mass is 32.1. The maximum Gasteiger partial charge on any atom is 0.270 e. The molecule has 19 heavy (non-hydrogen) atoms. The van der Waals surface area contributed by atoms with Crippen LogP contribution in [0.25, 0.3) is 11.4 Å². The number of benzene rings is 1. The van der Waals surface area contributed by atoms with Crippen LogP contribution in [0.15, 0.2) is 24.3 Å². The van der Waals surface area contributed by atoms with Gasteiger partial charge in [-0.1, -0.05) is 24.4 Å². The van der Waals surface area contributed by atoms with E-state index < -0.39 is 4.92 Å². The van der Waals surface area contributed by atoms with Crippen LogP contribution in [0, 0.1) is 14.8 Å². The second-order valence-electron chi connectivity index (χ2n) is 4.51. The van der Waals surface area contributed by atoms with Crippen molar-refractivity contribution in [3.63, 3.8) is 0 Å². The van der Waals surface area contributed by atoms with Crippen molar-refractivity contribution < 1.29 is 4.92 Å². The summed E-state index contributed by atoms with van der Waals surface area (Å²) < 4.78 is 0.604. The van der Waals surface area contributed by atoms with Crippen molar-refractivity contribution in [1.82, 2.24) is 9.97 Å². The van der Waals surface area contributed by atoms with Crippen LogP contribution in [0.5, 0.6) is 0 Å². The maximum absolute atomic E-state index is 10.8. The molecule has 5 nitrogen and oxygen atoms in total. The monoisotopic (exact) mass is 273 g/mol. The van der Waals surface area contributed by atoms with Crippen LogP contribution in [0.2, 0.25) is 0 Å². The molecule has 2 aromatic rings. The third-order valence-electron chi connectivity index (χ3n) is 3.29. The van der Waals surface area contributed by atoms with E-state index in [0.29, 0.717) is 16.0 Å². The van der Waals surface area contributed by atoms with Gasteiger partial charge in [0.2, 0.25) is 0 Å². The van der Waals surface area contributed by atoms with Gasteiger partial charge in [-0.2, -0.15) is 0 Å². The van der Waals surface area contributed by atoms with Crippen LogP contribution in [-0.2, 0) is 12.8 Å². The number of hydrogen-bond acceptors (Lipinski definition) is 4. The molecule has 0 unspecified atom stereocenters. The number of H-pyrrole nitrogens is 1. The third kappa shape index (κ3) is 2.15. The standard InChI is InChI=1S/C13H11N3O2S/c17-16(18)9-4-1-3-8(7-9)12-14-11-6-2-5-10(11)13(19)15-12/h1,3-4,7H,2,5-6H2,(H,14,15,19). The Kier molecular flexibility index (Phi) is 2.87. The fraction of sp³-hybridized carbons (Fsp3) is 0.231. The number of aromatic amines is 1. The Hall–Kier alpha value is -2.08. The van der Waals surface area contributed by atoms with Crippen molar-refractivity contribution in [3.8, 4) is 11.4 Å². The molecule has 0 amide bonds. The van der Waals surface area contributed by atoms with Crippen LogP contribution < -0.4 is 0 Å². The number of aryl methyl sites for hydroxylation is 1. The van der Waals surface area contributed by atoms with E-state index in [1.807, 2.05) is 0 Å². The highest BCUT2D eigenvalue weighted by molar-refractivity contribution is 7.71. The smallest absolute Gasteiger partial charge is 0.270 e. The summed E-state index contributed by atoms with van der Waals surface area (Å²) >= 11 is 5.29. The van der Waals surface area contributed by atoms with Crippen molar-refractivity contribution in [1.29, 1.82) is 0 Å². The molecule has 0 saturated heterocycles. The van der Waals surface area contributed by atoms with E-state index in [1.165, 1.54) is 12.1 Å². The van der Waals surface area contributed by atoms with Crippen molar-refractivity contribution in [3.05, 3.63) is 50.3 Å². The van der Waals surface area contributed by atoms with Crippen molar-refractivity contribution in [2.24, 2.45) is 0 Å². The Morgan fingerprint density at radius 1 is 1.37 bits per heavy atom. The first-order chi connectivity index (χ1) is 9.15. The van der Waals surface area contributed by atoms with Gasteiger partial charge < -0.3 is 4.98 Å². The lowest BCUT2D eigenvalue weighted by atomic mass is 10.2. The first-order valence-electron chi connectivity index (χ1n) is 6.02. The summed E-state index contributed by atoms with van der Waals surface area (Å²) in [6.07, 6.45) is 3.01. The summed E-state index contributed by atoms with van der Waals surface area (Å²) in [4.78, 5) is 18.0. The second kappa shape index (κ2) is 4.55. The topological polar surface area (TPSA) is 71.8 Å². The molecule has 0 saturated carbocycles. The molecule has 0 radical (unpaired) electrons. The van der Waals surface area contributed by atoms with Crippen molar-refractivity contribution in [2.45, 2.75) is 19.3 Å². The van der Waals surface area contributed by atoms with E-state index in [-0.39, 0.29) is 5.69 Å². The van der Waals surface area contributed by atoms with Crippen LogP contribution in [0.3, 0.4) is 0 Å². The molecule has 0 atom stereocenters. The second-order valence-corrected chi connectivity index (χ2v) is 4.90. The Morgan fingerprint density at radius 3 is 3.00 bits per heavy atom. The normalized spacial score (nSPS) is 13.3. The number of hydrogen-bond donors (Lipinski definition) is 1. The number of fused-ring (bicyclic) bond motifs is 1. The minimum Gasteiger partial charge on any atom is -0.343 e. The molecule has 3 rings (SSSR count). The molecule has 0 bridgehead atoms. The Labute approximate surface area is 114 Å². The van der Waals surface area contributed by atoms with Crippen LogP contribution >= 0.6 is 12.2 Å². The number of nitro benzene ring substituents is 1. The van der Waals surface area contributed by atoms with Crippen LogP contribution in [-0.4, -0.2) is 14.9 Å². The predicted molar refractivity (Wildman–Crippen MR) is 73.5 cm³/mol. The van der Waals surface area contributed by atoms with Gasteiger partial charge in [-0.15, -0.1) is 0 Å². The molecular formula is C13H11N3O2S. The summed E-state index contributed by atoms with van der Waals surface area (Å²) in [5.74, 6) is 0.606. The van der Waals surface area contributed by atoms with Gasteiger partial charge in [-0.3, -0.25) is 10.1 Å². The van der Waals surface area contributed by atoms with E-state index >= 15 is 0 Å². The van der Waals surface area contributed by atoms with E-state index in [0.717, 1.165) is 30.5 Å². The van der Waals surface area contributed by atoms with Crippen LogP contribution in [0.4, 0.5) is 5.69 Å². The molecule has 1 aliphatic rings. The number of nitro groups is 1. The fourth-order valence-corrected chi connectivity index (χ4v) is 2.68. The fourth-order valence-electron chi connectivity index (χ4n) is 2.36. The summed E-state index contributed by atoms with van der Waals surface area (Å²) in [7, 11) is 0. The molecular weight excluding hydrogens is 262 g/mol. The molecule has 96 valence electrons. The SMILES string of the molecule is O=[N+]([O-])c1cccc(-c2nc(=S)c3c([nH]2)CCC3)c1. The summed E-state index contributed by atoms with van der Waals surface area (Å²) in [6, 6.07) is 6.42. The minimum absolute atomic E-state index is 0.0547. The summed E-state index contributed by atoms with van der Waals surface area (Å²) in [6.45, 7) is 0. The number of non-ortho nitro benzene ring substituents is 1. The number of rotatable bonds is 2. The predicted octanol–water partition coefficient (Wildman–Crippen LogP) is 3.20. The molecule has 1 aliphatic carbocycles. The van der Waals surface area contributed by atoms with Crippen molar-refractivity contribution >= 4 is 17.9 Å². The lowest BCUT2D eigenvalue weighted by Gasteiger charge is -2.05. The number of aromatic nitrogens is 2. The van der Waals surface area contributed by atoms with E-state index in [1.54, 1.807) is 12.1 Å². The zero-order valence-corrected chi connectivity index (χ0v) is 10.9. The van der Waals surface area contributed by atoms with Crippen LogP contribution in [0.1, 0.15) is 17.7 Å². The zero-order chi connectivity index (χ0) is 13.4. The summed E-state index contributed by atoms with van der Waals surface area (Å²) in [5.41, 5.74) is 2.97. The molecule has 0 fully saturated rings. The first kappa shape index (κ1) is 12.0. The molecule has 1 aromatic heterocycles. The zero-order valence-electron chi connectivity index (χ0n) is 10.0. The molecule has 1 N–H and O–H groups in total. The highest BCUT2D eigenvalue weighted by Gasteiger charge is 2.16. The molecule has 0 aliphatic heterocycles. The lowest BCUT2D eigenvalue weighted by Crippen LogP contribution is -1.97. The number of nitrogens with one attached hydrogen (secondary N) is 1. The third-order valence-corrected chi connectivity index (χ3v) is 3.63. The Balaban J connectivity index is 2.12. The Bertz CT molecular complexity index is 724. The van der Waals surface area contributed by atoms with Gasteiger partial charge >= 0.3 is 0 Å². The number of nitrogens with zero attached hydrogens (tertiary/aromatic N) is 2. The summed E-state index contributed by atoms with van der Waals surface area (Å²) in [5, 5.41) is 10.8.